The van der Waals surface area contributed by atoms with Gasteiger partial charge in [0.1, 0.15) is 4.90 Å². The number of hydrogen-bond acceptors (Lipinski definition) is 5. The number of halogens is 1. The van der Waals surface area contributed by atoms with E-state index in [1.165, 1.54) is 11.3 Å². The second-order valence-electron chi connectivity index (χ2n) is 5.07. The van der Waals surface area contributed by atoms with Crippen LogP contribution < -0.4 is 10.0 Å². The molecule has 1 aromatic heterocycles. The van der Waals surface area contributed by atoms with Crippen molar-refractivity contribution in [3.8, 4) is 0 Å². The molecule has 1 saturated heterocycles. The van der Waals surface area contributed by atoms with Gasteiger partial charge in [-0.05, 0) is 47.3 Å². The summed E-state index contributed by atoms with van der Waals surface area (Å²) in [6.07, 6.45) is 2.01. The number of rotatable bonds is 7. The molecule has 1 fully saturated rings. The van der Waals surface area contributed by atoms with E-state index in [0.717, 1.165) is 30.9 Å². The zero-order valence-electron chi connectivity index (χ0n) is 12.0. The predicted octanol–water partition coefficient (Wildman–Crippen LogP) is 2.33. The molecule has 0 spiro atoms. The SMILES string of the molecule is CCNCc1cc(S(=O)(=O)NCC2CCCOC2)c(Br)s1. The van der Waals surface area contributed by atoms with Gasteiger partial charge in [-0.25, -0.2) is 13.1 Å². The van der Waals surface area contributed by atoms with Crippen LogP contribution >= 0.6 is 27.3 Å². The molecule has 120 valence electrons. The van der Waals surface area contributed by atoms with Crippen LogP contribution in [0.2, 0.25) is 0 Å². The summed E-state index contributed by atoms with van der Waals surface area (Å²) < 4.78 is 33.5. The molecule has 2 heterocycles. The van der Waals surface area contributed by atoms with Gasteiger partial charge in [0.2, 0.25) is 10.0 Å². The standard InChI is InChI=1S/C13H21BrN2O3S2/c1-2-15-8-11-6-12(13(14)20-11)21(17,18)16-7-10-4-3-5-19-9-10/h6,10,15-16H,2-5,7-9H2,1H3. The Morgan fingerprint density at radius 1 is 1.52 bits per heavy atom. The van der Waals surface area contributed by atoms with Crippen molar-refractivity contribution in [1.29, 1.82) is 0 Å². The molecular formula is C13H21BrN2O3S2. The molecule has 0 radical (unpaired) electrons. The zero-order chi connectivity index (χ0) is 15.3. The first-order valence-electron chi connectivity index (χ1n) is 7.09. The molecule has 0 aromatic carbocycles. The van der Waals surface area contributed by atoms with Gasteiger partial charge in [0.25, 0.3) is 0 Å². The molecule has 21 heavy (non-hydrogen) atoms. The molecule has 1 aromatic rings. The average molecular weight is 397 g/mol. The number of nitrogens with one attached hydrogen (secondary N) is 2. The van der Waals surface area contributed by atoms with Crippen LogP contribution in [0.1, 0.15) is 24.6 Å². The molecule has 2 rings (SSSR count). The fraction of sp³-hybridized carbons (Fsp3) is 0.692. The van der Waals surface area contributed by atoms with Crippen molar-refractivity contribution in [2.24, 2.45) is 5.92 Å². The Labute approximate surface area is 138 Å². The molecule has 1 atom stereocenters. The van der Waals surface area contributed by atoms with Gasteiger partial charge in [-0.2, -0.15) is 0 Å². The minimum Gasteiger partial charge on any atom is -0.381 e. The van der Waals surface area contributed by atoms with E-state index in [0.29, 0.717) is 28.4 Å². The Kier molecular flexibility index (Phi) is 6.64. The maximum atomic E-state index is 12.4. The van der Waals surface area contributed by atoms with Crippen molar-refractivity contribution < 1.29 is 13.2 Å². The minimum atomic E-state index is -3.46. The molecule has 0 aliphatic carbocycles. The lowest BCUT2D eigenvalue weighted by Gasteiger charge is -2.22. The molecule has 1 aliphatic rings. The Morgan fingerprint density at radius 3 is 3.00 bits per heavy atom. The Morgan fingerprint density at radius 2 is 2.33 bits per heavy atom. The molecule has 2 N–H and O–H groups in total. The highest BCUT2D eigenvalue weighted by atomic mass is 79.9. The van der Waals surface area contributed by atoms with E-state index in [9.17, 15) is 8.42 Å². The van der Waals surface area contributed by atoms with Crippen LogP contribution in [0.15, 0.2) is 14.7 Å². The first-order chi connectivity index (χ1) is 10.0. The molecule has 1 unspecified atom stereocenters. The largest absolute Gasteiger partial charge is 0.381 e. The van der Waals surface area contributed by atoms with Gasteiger partial charge in [0, 0.05) is 24.6 Å². The highest BCUT2D eigenvalue weighted by Crippen LogP contribution is 2.31. The summed E-state index contributed by atoms with van der Waals surface area (Å²) in [6.45, 7) is 5.43. The normalized spacial score (nSPS) is 19.8. The number of ether oxygens (including phenoxy) is 1. The monoisotopic (exact) mass is 396 g/mol. The van der Waals surface area contributed by atoms with Crippen LogP contribution in [-0.2, 0) is 21.3 Å². The lowest BCUT2D eigenvalue weighted by molar-refractivity contribution is 0.0568. The lowest BCUT2D eigenvalue weighted by Crippen LogP contribution is -2.33. The topological polar surface area (TPSA) is 67.4 Å². The summed E-state index contributed by atoms with van der Waals surface area (Å²) in [7, 11) is -3.46. The van der Waals surface area contributed by atoms with Crippen LogP contribution in [0.5, 0.6) is 0 Å². The highest BCUT2D eigenvalue weighted by Gasteiger charge is 2.23. The van der Waals surface area contributed by atoms with E-state index < -0.39 is 10.0 Å². The van der Waals surface area contributed by atoms with Crippen molar-refractivity contribution >= 4 is 37.3 Å². The van der Waals surface area contributed by atoms with Crippen molar-refractivity contribution in [2.45, 2.75) is 31.2 Å². The summed E-state index contributed by atoms with van der Waals surface area (Å²) in [4.78, 5) is 1.34. The third-order valence-corrected chi connectivity index (χ3v) is 7.04. The maximum Gasteiger partial charge on any atom is 0.242 e. The Bertz CT molecular complexity index is 554. The van der Waals surface area contributed by atoms with E-state index in [4.69, 9.17) is 4.74 Å². The molecule has 0 bridgehead atoms. The average Bonchev–Trinajstić information content (AvgIpc) is 2.86. The molecule has 0 saturated carbocycles. The number of hydrogen-bond donors (Lipinski definition) is 2. The Hall–Kier alpha value is 0.01000. The summed E-state index contributed by atoms with van der Waals surface area (Å²) in [5.74, 6) is 0.271. The van der Waals surface area contributed by atoms with Crippen molar-refractivity contribution in [2.75, 3.05) is 26.3 Å². The van der Waals surface area contributed by atoms with Gasteiger partial charge in [0.15, 0.2) is 0 Å². The number of thiophene rings is 1. The van der Waals surface area contributed by atoms with Crippen LogP contribution in [0.25, 0.3) is 0 Å². The van der Waals surface area contributed by atoms with E-state index in [-0.39, 0.29) is 5.92 Å². The second kappa shape index (κ2) is 8.03. The maximum absolute atomic E-state index is 12.4. The van der Waals surface area contributed by atoms with E-state index >= 15 is 0 Å². The fourth-order valence-electron chi connectivity index (χ4n) is 2.19. The van der Waals surface area contributed by atoms with Crippen LogP contribution in [0.3, 0.4) is 0 Å². The van der Waals surface area contributed by atoms with Crippen molar-refractivity contribution in [3.63, 3.8) is 0 Å². The molecular weight excluding hydrogens is 376 g/mol. The third-order valence-electron chi connectivity index (χ3n) is 3.36. The van der Waals surface area contributed by atoms with Gasteiger partial charge < -0.3 is 10.1 Å². The van der Waals surface area contributed by atoms with Crippen LogP contribution in [0.4, 0.5) is 0 Å². The smallest absolute Gasteiger partial charge is 0.242 e. The molecule has 8 heteroatoms. The van der Waals surface area contributed by atoms with Gasteiger partial charge in [0.05, 0.1) is 10.4 Å². The highest BCUT2D eigenvalue weighted by molar-refractivity contribution is 9.11. The lowest BCUT2D eigenvalue weighted by atomic mass is 10.0. The van der Waals surface area contributed by atoms with Crippen LogP contribution in [0, 0.1) is 5.92 Å². The van der Waals surface area contributed by atoms with Gasteiger partial charge in [-0.1, -0.05) is 6.92 Å². The third kappa shape index (κ3) is 5.01. The van der Waals surface area contributed by atoms with Crippen molar-refractivity contribution in [3.05, 3.63) is 14.7 Å². The fourth-order valence-corrected chi connectivity index (χ4v) is 5.96. The Balaban J connectivity index is 1.99. The van der Waals surface area contributed by atoms with Gasteiger partial charge >= 0.3 is 0 Å². The van der Waals surface area contributed by atoms with E-state index in [1.807, 2.05) is 6.92 Å². The first kappa shape index (κ1) is 17.4. The summed E-state index contributed by atoms with van der Waals surface area (Å²) in [5, 5.41) is 3.20. The molecule has 0 amide bonds. The number of sulfonamides is 1. The summed E-state index contributed by atoms with van der Waals surface area (Å²) in [6, 6.07) is 1.73. The summed E-state index contributed by atoms with van der Waals surface area (Å²) in [5.41, 5.74) is 0. The van der Waals surface area contributed by atoms with Crippen molar-refractivity contribution in [1.82, 2.24) is 10.0 Å². The van der Waals surface area contributed by atoms with Crippen LogP contribution in [-0.4, -0.2) is 34.7 Å². The molecule has 5 nitrogen and oxygen atoms in total. The second-order valence-corrected chi connectivity index (χ2v) is 9.26. The van der Waals surface area contributed by atoms with Gasteiger partial charge in [-0.3, -0.25) is 0 Å². The quantitative estimate of drug-likeness (QED) is 0.741. The van der Waals surface area contributed by atoms with E-state index in [2.05, 4.69) is 26.0 Å². The van der Waals surface area contributed by atoms with E-state index in [1.54, 1.807) is 6.07 Å². The molecule has 1 aliphatic heterocycles. The predicted molar refractivity (Wildman–Crippen MR) is 88.1 cm³/mol. The summed E-state index contributed by atoms with van der Waals surface area (Å²) >= 11 is 4.81. The zero-order valence-corrected chi connectivity index (χ0v) is 15.2. The van der Waals surface area contributed by atoms with Gasteiger partial charge in [-0.15, -0.1) is 11.3 Å². The minimum absolute atomic E-state index is 0.271. The first-order valence-corrected chi connectivity index (χ1v) is 10.2.